The molecule has 0 aliphatic carbocycles. The molecule has 2 heterocycles. The van der Waals surface area contributed by atoms with Crippen molar-refractivity contribution in [3.63, 3.8) is 0 Å². The summed E-state index contributed by atoms with van der Waals surface area (Å²) in [6.07, 6.45) is 6.17. The minimum absolute atomic E-state index is 0.670. The van der Waals surface area contributed by atoms with Crippen LogP contribution in [0.15, 0.2) is 63.7 Å². The Morgan fingerprint density at radius 2 is 1.96 bits per heavy atom. The molecular weight excluding hydrogens is 286 g/mol. The van der Waals surface area contributed by atoms with Crippen molar-refractivity contribution in [2.45, 2.75) is 19.4 Å². The summed E-state index contributed by atoms with van der Waals surface area (Å²) < 4.78 is 5.35. The van der Waals surface area contributed by atoms with Crippen molar-refractivity contribution in [1.29, 1.82) is 0 Å². The van der Waals surface area contributed by atoms with Gasteiger partial charge < -0.3 is 14.6 Å². The van der Waals surface area contributed by atoms with Gasteiger partial charge in [-0.1, -0.05) is 42.0 Å². The molecule has 0 unspecified atom stereocenters. The summed E-state index contributed by atoms with van der Waals surface area (Å²) in [7, 11) is 1.83. The lowest BCUT2D eigenvalue weighted by Gasteiger charge is -2.31. The molecule has 0 saturated carbocycles. The van der Waals surface area contributed by atoms with Crippen molar-refractivity contribution in [2.75, 3.05) is 20.1 Å². The Hall–Kier alpha value is -2.49. The summed E-state index contributed by atoms with van der Waals surface area (Å²) in [4.78, 5) is 6.70. The van der Waals surface area contributed by atoms with Crippen LogP contribution in [0.5, 0.6) is 0 Å². The molecule has 120 valence electrons. The number of benzene rings is 1. The normalized spacial score (nSPS) is 15.6. The molecular formula is C19H23N3O. The van der Waals surface area contributed by atoms with Gasteiger partial charge in [0, 0.05) is 20.1 Å². The molecule has 2 aromatic rings. The first-order chi connectivity index (χ1) is 11.3. The van der Waals surface area contributed by atoms with Gasteiger partial charge in [-0.15, -0.1) is 0 Å². The SMILES string of the molecule is CN=C(NCc1ccco1)N1CCC(=Cc2ccccc2)CC1. The number of furan rings is 1. The molecule has 1 aromatic heterocycles. The quantitative estimate of drug-likeness (QED) is 0.696. The maximum Gasteiger partial charge on any atom is 0.194 e. The van der Waals surface area contributed by atoms with Gasteiger partial charge in [0.25, 0.3) is 0 Å². The van der Waals surface area contributed by atoms with Crippen LogP contribution in [0.1, 0.15) is 24.2 Å². The number of rotatable bonds is 3. The van der Waals surface area contributed by atoms with Gasteiger partial charge in [0.05, 0.1) is 12.8 Å². The highest BCUT2D eigenvalue weighted by Crippen LogP contribution is 2.19. The van der Waals surface area contributed by atoms with Crippen LogP contribution in [0.3, 0.4) is 0 Å². The van der Waals surface area contributed by atoms with E-state index in [2.05, 4.69) is 51.6 Å². The zero-order valence-electron chi connectivity index (χ0n) is 13.5. The Balaban J connectivity index is 1.54. The van der Waals surface area contributed by atoms with Gasteiger partial charge in [-0.05, 0) is 30.5 Å². The third-order valence-electron chi connectivity index (χ3n) is 4.09. The van der Waals surface area contributed by atoms with Crippen molar-refractivity contribution in [3.8, 4) is 0 Å². The predicted molar refractivity (Wildman–Crippen MR) is 94.1 cm³/mol. The molecule has 4 heteroatoms. The van der Waals surface area contributed by atoms with Crippen LogP contribution in [0.4, 0.5) is 0 Å². The second-order valence-corrected chi connectivity index (χ2v) is 5.68. The lowest BCUT2D eigenvalue weighted by molar-refractivity contribution is 0.372. The van der Waals surface area contributed by atoms with E-state index in [9.17, 15) is 0 Å². The number of guanidine groups is 1. The predicted octanol–water partition coefficient (Wildman–Crippen LogP) is 3.53. The average Bonchev–Trinajstić information content (AvgIpc) is 3.11. The zero-order chi connectivity index (χ0) is 15.9. The van der Waals surface area contributed by atoms with E-state index in [-0.39, 0.29) is 0 Å². The highest BCUT2D eigenvalue weighted by molar-refractivity contribution is 5.80. The Labute approximate surface area is 137 Å². The molecule has 23 heavy (non-hydrogen) atoms. The second kappa shape index (κ2) is 7.68. The van der Waals surface area contributed by atoms with Gasteiger partial charge in [-0.2, -0.15) is 0 Å². The molecule has 0 amide bonds. The van der Waals surface area contributed by atoms with E-state index in [0.29, 0.717) is 6.54 Å². The molecule has 3 rings (SSSR count). The molecule has 0 bridgehead atoms. The van der Waals surface area contributed by atoms with Gasteiger partial charge in [0.1, 0.15) is 5.76 Å². The summed E-state index contributed by atoms with van der Waals surface area (Å²) in [6, 6.07) is 14.4. The van der Waals surface area contributed by atoms with Crippen LogP contribution in [0, 0.1) is 0 Å². The van der Waals surface area contributed by atoms with Gasteiger partial charge in [0.15, 0.2) is 5.96 Å². The molecule has 0 spiro atoms. The number of nitrogens with one attached hydrogen (secondary N) is 1. The number of hydrogen-bond acceptors (Lipinski definition) is 2. The smallest absolute Gasteiger partial charge is 0.194 e. The van der Waals surface area contributed by atoms with Crippen LogP contribution < -0.4 is 5.32 Å². The average molecular weight is 309 g/mol. The Kier molecular flexibility index (Phi) is 5.14. The van der Waals surface area contributed by atoms with Crippen LogP contribution in [-0.2, 0) is 6.54 Å². The van der Waals surface area contributed by atoms with Gasteiger partial charge in [-0.3, -0.25) is 4.99 Å². The highest BCUT2D eigenvalue weighted by atomic mass is 16.3. The fourth-order valence-electron chi connectivity index (χ4n) is 2.85. The maximum atomic E-state index is 5.35. The summed E-state index contributed by atoms with van der Waals surface area (Å²) in [5.41, 5.74) is 2.80. The van der Waals surface area contributed by atoms with Crippen molar-refractivity contribution >= 4 is 12.0 Å². The number of aliphatic imine (C=N–C) groups is 1. The number of piperidine rings is 1. The van der Waals surface area contributed by atoms with E-state index in [1.807, 2.05) is 19.2 Å². The summed E-state index contributed by atoms with van der Waals surface area (Å²) in [5, 5.41) is 3.37. The number of nitrogens with zero attached hydrogens (tertiary/aromatic N) is 2. The first-order valence-corrected chi connectivity index (χ1v) is 8.07. The van der Waals surface area contributed by atoms with Gasteiger partial charge >= 0.3 is 0 Å². The largest absolute Gasteiger partial charge is 0.467 e. The highest BCUT2D eigenvalue weighted by Gasteiger charge is 2.17. The van der Waals surface area contributed by atoms with E-state index < -0.39 is 0 Å². The van der Waals surface area contributed by atoms with E-state index in [1.165, 1.54) is 11.1 Å². The third-order valence-corrected chi connectivity index (χ3v) is 4.09. The van der Waals surface area contributed by atoms with Crippen LogP contribution >= 0.6 is 0 Å². The molecule has 4 nitrogen and oxygen atoms in total. The van der Waals surface area contributed by atoms with Crippen molar-refractivity contribution in [2.24, 2.45) is 4.99 Å². The number of hydrogen-bond donors (Lipinski definition) is 1. The summed E-state index contributed by atoms with van der Waals surface area (Å²) in [5.74, 6) is 1.87. The Bertz CT molecular complexity index is 649. The second-order valence-electron chi connectivity index (χ2n) is 5.68. The fourth-order valence-corrected chi connectivity index (χ4v) is 2.85. The van der Waals surface area contributed by atoms with Gasteiger partial charge in [0.2, 0.25) is 0 Å². The minimum atomic E-state index is 0.670. The minimum Gasteiger partial charge on any atom is -0.467 e. The molecule has 1 fully saturated rings. The lowest BCUT2D eigenvalue weighted by atomic mass is 10.0. The van der Waals surface area contributed by atoms with E-state index in [0.717, 1.165) is 37.7 Å². The first kappa shape index (κ1) is 15.4. The van der Waals surface area contributed by atoms with Crippen molar-refractivity contribution in [1.82, 2.24) is 10.2 Å². The zero-order valence-corrected chi connectivity index (χ0v) is 13.5. The molecule has 0 radical (unpaired) electrons. The van der Waals surface area contributed by atoms with Gasteiger partial charge in [-0.25, -0.2) is 0 Å². The monoisotopic (exact) mass is 309 g/mol. The standard InChI is InChI=1S/C19H23N3O/c1-20-19(21-15-18-8-5-13-23-18)22-11-9-17(10-12-22)14-16-6-3-2-4-7-16/h2-8,13-14H,9-12,15H2,1H3,(H,20,21). The fraction of sp³-hybridized carbons (Fsp3) is 0.316. The third kappa shape index (κ3) is 4.25. The number of likely N-dealkylation sites (tertiary alicyclic amines) is 1. The van der Waals surface area contributed by atoms with Crippen molar-refractivity contribution < 1.29 is 4.42 Å². The summed E-state index contributed by atoms with van der Waals surface area (Å²) in [6.45, 7) is 2.66. The molecule has 1 saturated heterocycles. The van der Waals surface area contributed by atoms with Crippen LogP contribution in [-0.4, -0.2) is 31.0 Å². The Morgan fingerprint density at radius 1 is 1.17 bits per heavy atom. The molecule has 1 aromatic carbocycles. The maximum absolute atomic E-state index is 5.35. The lowest BCUT2D eigenvalue weighted by Crippen LogP contribution is -2.44. The van der Waals surface area contributed by atoms with E-state index in [4.69, 9.17) is 4.42 Å². The Morgan fingerprint density at radius 3 is 2.61 bits per heavy atom. The molecule has 1 aliphatic rings. The summed E-state index contributed by atoms with van der Waals surface area (Å²) >= 11 is 0. The van der Waals surface area contributed by atoms with Crippen LogP contribution in [0.2, 0.25) is 0 Å². The molecule has 1 N–H and O–H groups in total. The van der Waals surface area contributed by atoms with E-state index in [1.54, 1.807) is 6.26 Å². The van der Waals surface area contributed by atoms with Crippen LogP contribution in [0.25, 0.3) is 6.08 Å². The van der Waals surface area contributed by atoms with E-state index >= 15 is 0 Å². The molecule has 1 aliphatic heterocycles. The topological polar surface area (TPSA) is 40.8 Å². The first-order valence-electron chi connectivity index (χ1n) is 8.07. The van der Waals surface area contributed by atoms with Crippen molar-refractivity contribution in [3.05, 3.63) is 65.6 Å². The molecule has 0 atom stereocenters.